The average molecular weight is 251 g/mol. The molecule has 1 aliphatic rings. The van der Waals surface area contributed by atoms with Crippen LogP contribution in [-0.2, 0) is 4.12 Å². The third-order valence-corrected chi connectivity index (χ3v) is 10.5. The van der Waals surface area contributed by atoms with E-state index in [2.05, 4.69) is 26.2 Å². The Labute approximate surface area is 95.1 Å². The molecule has 84 valence electrons. The van der Waals surface area contributed by atoms with E-state index in [1.54, 1.807) is 0 Å². The molecule has 1 unspecified atom stereocenters. The molecular formula is C10H23ClOSi2. The van der Waals surface area contributed by atoms with Gasteiger partial charge in [-0.05, 0) is 44.6 Å². The summed E-state index contributed by atoms with van der Waals surface area (Å²) in [6.07, 6.45) is 6.71. The monoisotopic (exact) mass is 250 g/mol. The second kappa shape index (κ2) is 4.68. The van der Waals surface area contributed by atoms with Crippen LogP contribution in [0, 0.1) is 0 Å². The standard InChI is InChI=1S/C10H23ClOSi2/c1-13(2,3)12-14(4,11)10-8-6-5-7-9-10/h10H,5-9H2,1-4H3. The zero-order valence-electron chi connectivity index (χ0n) is 9.90. The van der Waals surface area contributed by atoms with E-state index >= 15 is 0 Å². The summed E-state index contributed by atoms with van der Waals surface area (Å²) < 4.78 is 6.21. The highest BCUT2D eigenvalue weighted by Gasteiger charge is 2.40. The van der Waals surface area contributed by atoms with Crippen molar-refractivity contribution >= 4 is 27.0 Å². The second-order valence-corrected chi connectivity index (χ2v) is 15.6. The predicted molar refractivity (Wildman–Crippen MR) is 68.7 cm³/mol. The molecule has 0 spiro atoms. The highest BCUT2D eigenvalue weighted by atomic mass is 35.6. The maximum atomic E-state index is 6.65. The summed E-state index contributed by atoms with van der Waals surface area (Å²) in [5, 5.41) is 0. The lowest BCUT2D eigenvalue weighted by atomic mass is 10.0. The van der Waals surface area contributed by atoms with Crippen LogP contribution in [0.15, 0.2) is 0 Å². The highest BCUT2D eigenvalue weighted by molar-refractivity contribution is 7.19. The molecule has 0 aliphatic heterocycles. The fourth-order valence-electron chi connectivity index (χ4n) is 2.30. The molecule has 4 heteroatoms. The van der Waals surface area contributed by atoms with Gasteiger partial charge in [-0.25, -0.2) is 0 Å². The lowest BCUT2D eigenvalue weighted by Gasteiger charge is -2.37. The minimum Gasteiger partial charge on any atom is -0.445 e. The van der Waals surface area contributed by atoms with Crippen molar-refractivity contribution in [3.63, 3.8) is 0 Å². The van der Waals surface area contributed by atoms with E-state index in [0.29, 0.717) is 5.54 Å². The van der Waals surface area contributed by atoms with E-state index in [0.717, 1.165) is 0 Å². The first kappa shape index (κ1) is 12.8. The van der Waals surface area contributed by atoms with Crippen LogP contribution >= 0.6 is 11.1 Å². The SMILES string of the molecule is C[Si](C)(C)O[Si](C)(Cl)C1CCCCC1. The molecule has 14 heavy (non-hydrogen) atoms. The maximum Gasteiger partial charge on any atom is 0.280 e. The maximum absolute atomic E-state index is 6.65. The molecule has 1 fully saturated rings. The fourth-order valence-corrected chi connectivity index (χ4v) is 11.9. The van der Waals surface area contributed by atoms with Crippen LogP contribution in [0.5, 0.6) is 0 Å². The Kier molecular flexibility index (Phi) is 4.26. The fraction of sp³-hybridized carbons (Fsp3) is 1.00. The van der Waals surface area contributed by atoms with E-state index in [-0.39, 0.29) is 0 Å². The molecule has 0 heterocycles. The molecule has 1 nitrogen and oxygen atoms in total. The summed E-state index contributed by atoms with van der Waals surface area (Å²) in [6, 6.07) is 0. The summed E-state index contributed by atoms with van der Waals surface area (Å²) in [4.78, 5) is 0. The Morgan fingerprint density at radius 1 is 1.00 bits per heavy atom. The summed E-state index contributed by atoms with van der Waals surface area (Å²) in [5.74, 6) is 0. The summed E-state index contributed by atoms with van der Waals surface area (Å²) in [5.41, 5.74) is 0.699. The van der Waals surface area contributed by atoms with Crippen molar-refractivity contribution in [1.82, 2.24) is 0 Å². The third kappa shape index (κ3) is 4.05. The van der Waals surface area contributed by atoms with E-state index < -0.39 is 15.9 Å². The van der Waals surface area contributed by atoms with Crippen LogP contribution in [-0.4, -0.2) is 15.9 Å². The predicted octanol–water partition coefficient (Wildman–Crippen LogP) is 4.48. The van der Waals surface area contributed by atoms with Crippen molar-refractivity contribution in [2.75, 3.05) is 0 Å². The molecule has 0 aromatic carbocycles. The van der Waals surface area contributed by atoms with Gasteiger partial charge in [-0.15, -0.1) is 11.1 Å². The van der Waals surface area contributed by atoms with Gasteiger partial charge in [-0.2, -0.15) is 0 Å². The highest BCUT2D eigenvalue weighted by Crippen LogP contribution is 2.40. The van der Waals surface area contributed by atoms with Gasteiger partial charge in [0.1, 0.15) is 0 Å². The van der Waals surface area contributed by atoms with Gasteiger partial charge in [-0.3, -0.25) is 0 Å². The largest absolute Gasteiger partial charge is 0.445 e. The van der Waals surface area contributed by atoms with E-state index in [1.165, 1.54) is 32.1 Å². The molecular weight excluding hydrogens is 228 g/mol. The third-order valence-electron chi connectivity index (χ3n) is 2.84. The summed E-state index contributed by atoms with van der Waals surface area (Å²) >= 11 is 6.65. The zero-order valence-corrected chi connectivity index (χ0v) is 12.7. The Morgan fingerprint density at radius 3 is 1.93 bits per heavy atom. The molecule has 0 aromatic heterocycles. The first-order valence-electron chi connectivity index (χ1n) is 5.70. The van der Waals surface area contributed by atoms with Crippen LogP contribution < -0.4 is 0 Å². The molecule has 0 amide bonds. The van der Waals surface area contributed by atoms with Gasteiger partial charge in [0.15, 0.2) is 8.32 Å². The number of halogens is 1. The number of hydrogen-bond donors (Lipinski definition) is 0. The van der Waals surface area contributed by atoms with Crippen LogP contribution in [0.25, 0.3) is 0 Å². The molecule has 0 aromatic rings. The molecule has 1 saturated carbocycles. The van der Waals surface area contributed by atoms with Gasteiger partial charge in [0.05, 0.1) is 0 Å². The Balaban J connectivity index is 2.54. The quantitative estimate of drug-likeness (QED) is 0.530. The smallest absolute Gasteiger partial charge is 0.280 e. The first-order valence-corrected chi connectivity index (χ1v) is 12.6. The van der Waals surface area contributed by atoms with Gasteiger partial charge < -0.3 is 4.12 Å². The molecule has 0 saturated heterocycles. The molecule has 0 bridgehead atoms. The van der Waals surface area contributed by atoms with Gasteiger partial charge in [-0.1, -0.05) is 19.3 Å². The Hall–Kier alpha value is 0.684. The Morgan fingerprint density at radius 2 is 1.50 bits per heavy atom. The minimum atomic E-state index is -1.90. The molecule has 0 radical (unpaired) electrons. The van der Waals surface area contributed by atoms with Crippen molar-refractivity contribution in [1.29, 1.82) is 0 Å². The van der Waals surface area contributed by atoms with Crippen molar-refractivity contribution in [2.45, 2.75) is 63.8 Å². The number of rotatable bonds is 3. The molecule has 1 rings (SSSR count). The van der Waals surface area contributed by atoms with Gasteiger partial charge in [0.25, 0.3) is 7.63 Å². The van der Waals surface area contributed by atoms with Crippen molar-refractivity contribution < 1.29 is 4.12 Å². The van der Waals surface area contributed by atoms with Gasteiger partial charge in [0, 0.05) is 0 Å². The van der Waals surface area contributed by atoms with Gasteiger partial charge in [0.2, 0.25) is 0 Å². The Bertz CT molecular complexity index is 183. The first-order chi connectivity index (χ1) is 6.31. The molecule has 0 N–H and O–H groups in total. The normalized spacial score (nSPS) is 24.6. The van der Waals surface area contributed by atoms with Crippen LogP contribution in [0.2, 0.25) is 31.7 Å². The lowest BCUT2D eigenvalue weighted by Crippen LogP contribution is -2.44. The zero-order chi connectivity index (χ0) is 10.8. The van der Waals surface area contributed by atoms with Crippen LogP contribution in [0.1, 0.15) is 32.1 Å². The van der Waals surface area contributed by atoms with Gasteiger partial charge >= 0.3 is 0 Å². The number of hydrogen-bond acceptors (Lipinski definition) is 1. The topological polar surface area (TPSA) is 9.23 Å². The summed E-state index contributed by atoms with van der Waals surface area (Å²) in [7, 11) is -3.35. The minimum absolute atomic E-state index is 0.699. The van der Waals surface area contributed by atoms with E-state index in [1.807, 2.05) is 0 Å². The van der Waals surface area contributed by atoms with E-state index in [4.69, 9.17) is 15.2 Å². The summed E-state index contributed by atoms with van der Waals surface area (Å²) in [6.45, 7) is 8.92. The van der Waals surface area contributed by atoms with Crippen LogP contribution in [0.3, 0.4) is 0 Å². The second-order valence-electron chi connectivity index (χ2n) is 5.54. The average Bonchev–Trinajstić information content (AvgIpc) is 2.01. The van der Waals surface area contributed by atoms with Crippen molar-refractivity contribution in [2.24, 2.45) is 0 Å². The molecule has 1 atom stereocenters. The van der Waals surface area contributed by atoms with Crippen LogP contribution in [0.4, 0.5) is 0 Å². The van der Waals surface area contributed by atoms with Crippen molar-refractivity contribution in [3.8, 4) is 0 Å². The molecule has 1 aliphatic carbocycles. The van der Waals surface area contributed by atoms with E-state index in [9.17, 15) is 0 Å². The lowest BCUT2D eigenvalue weighted by molar-refractivity contribution is 0.448. The van der Waals surface area contributed by atoms with Crippen molar-refractivity contribution in [3.05, 3.63) is 0 Å².